The van der Waals surface area contributed by atoms with Gasteiger partial charge in [0.15, 0.2) is 11.7 Å². The molecule has 0 bridgehead atoms. The highest BCUT2D eigenvalue weighted by molar-refractivity contribution is 5.86. The fourth-order valence-electron chi connectivity index (χ4n) is 7.23. The quantitative estimate of drug-likeness (QED) is 0.287. The Morgan fingerprint density at radius 1 is 1.02 bits per heavy atom. The molecule has 3 aliphatic heterocycles. The number of carbonyl (C=O) groups excluding carboxylic acids is 2. The molecule has 6 rings (SSSR count). The molecule has 1 N–H and O–H groups in total. The number of amides is 1. The van der Waals surface area contributed by atoms with Crippen molar-refractivity contribution in [2.24, 2.45) is 11.8 Å². The van der Waals surface area contributed by atoms with E-state index in [1.807, 2.05) is 0 Å². The van der Waals surface area contributed by atoms with Gasteiger partial charge < -0.3 is 14.7 Å². The van der Waals surface area contributed by atoms with E-state index in [0.717, 1.165) is 36.1 Å². The monoisotopic (exact) mass is 586 g/mol. The Labute approximate surface area is 241 Å². The smallest absolute Gasteiger partial charge is 0.416 e. The Hall–Kier alpha value is -3.20. The van der Waals surface area contributed by atoms with E-state index in [-0.39, 0.29) is 41.9 Å². The van der Waals surface area contributed by atoms with Crippen LogP contribution in [-0.4, -0.2) is 64.6 Å². The second-order valence-electron chi connectivity index (χ2n) is 12.2. The third kappa shape index (κ3) is 5.48. The topological polar surface area (TPSA) is 70.1 Å². The summed E-state index contributed by atoms with van der Waals surface area (Å²) in [7, 11) is 0. The first-order valence-corrected chi connectivity index (χ1v) is 14.6. The number of ether oxygens (including phenoxy) is 1. The van der Waals surface area contributed by atoms with Crippen molar-refractivity contribution in [2.75, 3.05) is 26.2 Å². The fourth-order valence-corrected chi connectivity index (χ4v) is 7.23. The van der Waals surface area contributed by atoms with E-state index in [1.165, 1.54) is 18.2 Å². The maximum absolute atomic E-state index is 14.0. The molecule has 224 valence electrons. The zero-order valence-corrected chi connectivity index (χ0v) is 23.2. The molecule has 2 aromatic carbocycles. The van der Waals surface area contributed by atoms with Gasteiger partial charge in [0.05, 0.1) is 12.2 Å². The molecular weight excluding hydrogens is 552 g/mol. The number of carbonyl (C=O) groups is 1. The molecule has 2 aromatic rings. The van der Waals surface area contributed by atoms with E-state index in [4.69, 9.17) is 4.74 Å². The first-order chi connectivity index (χ1) is 20.1. The number of hydrogen-bond donors (Lipinski definition) is 1. The summed E-state index contributed by atoms with van der Waals surface area (Å²) in [4.78, 5) is 29.3. The van der Waals surface area contributed by atoms with Gasteiger partial charge in [-0.15, -0.1) is 0 Å². The first kappa shape index (κ1) is 28.9. The van der Waals surface area contributed by atoms with E-state index >= 15 is 0 Å². The molecule has 42 heavy (non-hydrogen) atoms. The lowest BCUT2D eigenvalue weighted by molar-refractivity contribution is -0.177. The van der Waals surface area contributed by atoms with E-state index < -0.39 is 23.3 Å². The maximum atomic E-state index is 14.0. The van der Waals surface area contributed by atoms with Gasteiger partial charge in [0, 0.05) is 31.6 Å². The van der Waals surface area contributed by atoms with E-state index in [9.17, 15) is 32.3 Å². The molecule has 0 spiro atoms. The van der Waals surface area contributed by atoms with Crippen molar-refractivity contribution < 1.29 is 37.0 Å². The largest absolute Gasteiger partial charge is 0.502 e. The molecule has 3 fully saturated rings. The van der Waals surface area contributed by atoms with Crippen LogP contribution in [0.25, 0.3) is 0 Å². The summed E-state index contributed by atoms with van der Waals surface area (Å²) in [5.41, 5.74) is 0.532. The fraction of sp³-hybridized carbons (Fsp3) is 0.531. The van der Waals surface area contributed by atoms with Gasteiger partial charge >= 0.3 is 6.18 Å². The van der Waals surface area contributed by atoms with Crippen LogP contribution in [0, 0.1) is 17.7 Å². The second kappa shape index (κ2) is 11.1. The second-order valence-corrected chi connectivity index (χ2v) is 12.2. The first-order valence-electron chi connectivity index (χ1n) is 14.6. The number of piperidine rings is 1. The molecule has 0 aromatic heterocycles. The number of alkyl halides is 3. The Balaban J connectivity index is 1.14. The highest BCUT2D eigenvalue weighted by Crippen LogP contribution is 2.49. The Kier molecular flexibility index (Phi) is 7.66. The van der Waals surface area contributed by atoms with Crippen LogP contribution in [0.2, 0.25) is 0 Å². The lowest BCUT2D eigenvalue weighted by Crippen LogP contribution is -2.59. The van der Waals surface area contributed by atoms with Crippen LogP contribution in [0.3, 0.4) is 0 Å². The summed E-state index contributed by atoms with van der Waals surface area (Å²) in [5, 5.41) is 10.4. The summed E-state index contributed by atoms with van der Waals surface area (Å²) in [6, 6.07) is 9.88. The number of likely N-dealkylation sites (tertiary alicyclic amines) is 1. The molecule has 1 aliphatic carbocycles. The van der Waals surface area contributed by atoms with Crippen molar-refractivity contribution >= 4 is 11.8 Å². The zero-order valence-electron chi connectivity index (χ0n) is 23.2. The van der Waals surface area contributed by atoms with Crippen LogP contribution in [0.1, 0.15) is 60.3 Å². The minimum atomic E-state index is -4.44. The van der Waals surface area contributed by atoms with Crippen molar-refractivity contribution in [3.05, 3.63) is 76.3 Å². The third-order valence-corrected chi connectivity index (χ3v) is 9.73. The average molecular weight is 587 g/mol. The van der Waals surface area contributed by atoms with Gasteiger partial charge in [-0.1, -0.05) is 18.2 Å². The van der Waals surface area contributed by atoms with Crippen molar-refractivity contribution in [2.45, 2.75) is 68.8 Å². The number of aliphatic hydroxyl groups is 1. The molecule has 6 nitrogen and oxygen atoms in total. The van der Waals surface area contributed by atoms with E-state index in [0.29, 0.717) is 57.5 Å². The SMILES string of the molecule is O=C=C(O)[C@@H]1CN(C2CCC(C(=O)N3CCc4ccc(C(F)(F)F)cc4C3)(C3CC3)OC2)CCC1c1ccc(F)cc1. The minimum Gasteiger partial charge on any atom is -0.502 e. The van der Waals surface area contributed by atoms with Gasteiger partial charge in [-0.3, -0.25) is 9.69 Å². The summed E-state index contributed by atoms with van der Waals surface area (Å²) >= 11 is 0. The van der Waals surface area contributed by atoms with Crippen LogP contribution >= 0.6 is 0 Å². The molecule has 3 heterocycles. The zero-order chi connectivity index (χ0) is 29.6. The van der Waals surface area contributed by atoms with Gasteiger partial charge in [0.1, 0.15) is 11.4 Å². The number of rotatable bonds is 5. The normalized spacial score (nSPS) is 28.6. The maximum Gasteiger partial charge on any atom is 0.416 e. The Morgan fingerprint density at radius 3 is 2.43 bits per heavy atom. The number of fused-ring (bicyclic) bond motifs is 1. The molecule has 10 heteroatoms. The minimum absolute atomic E-state index is 0.0165. The van der Waals surface area contributed by atoms with Crippen LogP contribution in [0.15, 0.2) is 48.2 Å². The number of nitrogens with zero attached hydrogens (tertiary/aromatic N) is 2. The molecule has 4 aliphatic rings. The molecule has 1 amide bonds. The third-order valence-electron chi connectivity index (χ3n) is 9.73. The molecule has 2 saturated heterocycles. The Bertz CT molecular complexity index is 1380. The highest BCUT2D eigenvalue weighted by atomic mass is 19.4. The summed E-state index contributed by atoms with van der Waals surface area (Å²) < 4.78 is 60.0. The summed E-state index contributed by atoms with van der Waals surface area (Å²) in [5.74, 6) is 0.255. The molecule has 3 unspecified atom stereocenters. The number of hydrogen-bond acceptors (Lipinski definition) is 5. The van der Waals surface area contributed by atoms with Crippen molar-refractivity contribution in [3.8, 4) is 0 Å². The van der Waals surface area contributed by atoms with E-state index in [2.05, 4.69) is 4.90 Å². The standard InChI is InChI=1S/C32H34F4N2O4/c33-25-7-2-21(3-8-25)27-11-14-37(17-28(27)29(40)18-39)26-9-12-31(42-19-26,23-5-6-23)30(41)38-13-10-20-1-4-24(32(34,35)36)15-22(20)16-38/h1-4,7-8,15,23,26-28,40H,5-6,9-14,16-17,19H2/t26?,27?,28-,31?/m1/s1. The van der Waals surface area contributed by atoms with E-state index in [1.54, 1.807) is 23.0 Å². The van der Waals surface area contributed by atoms with Gasteiger partial charge in [-0.2, -0.15) is 13.2 Å². The van der Waals surface area contributed by atoms with Crippen molar-refractivity contribution in [1.82, 2.24) is 9.80 Å². The number of halogens is 4. The highest BCUT2D eigenvalue weighted by Gasteiger charge is 2.56. The van der Waals surface area contributed by atoms with Crippen LogP contribution < -0.4 is 0 Å². The average Bonchev–Trinajstić information content (AvgIpc) is 3.86. The number of benzene rings is 2. The lowest BCUT2D eigenvalue weighted by Gasteiger charge is -2.48. The van der Waals surface area contributed by atoms with Gasteiger partial charge in [-0.05, 0) is 97.9 Å². The lowest BCUT2D eigenvalue weighted by atomic mass is 9.78. The van der Waals surface area contributed by atoms with Crippen LogP contribution in [0.4, 0.5) is 17.6 Å². The summed E-state index contributed by atoms with van der Waals surface area (Å²) in [6.45, 7) is 1.98. The van der Waals surface area contributed by atoms with Gasteiger partial charge in [0.2, 0.25) is 0 Å². The van der Waals surface area contributed by atoms with Crippen molar-refractivity contribution in [3.63, 3.8) is 0 Å². The van der Waals surface area contributed by atoms with Crippen LogP contribution in [0.5, 0.6) is 0 Å². The predicted octanol–water partition coefficient (Wildman–Crippen LogP) is 5.44. The van der Waals surface area contributed by atoms with Gasteiger partial charge in [0.25, 0.3) is 5.91 Å². The van der Waals surface area contributed by atoms with Crippen LogP contribution in [-0.2, 0) is 33.5 Å². The molecule has 1 saturated carbocycles. The number of aliphatic hydroxyl groups excluding tert-OH is 1. The Morgan fingerprint density at radius 2 is 1.79 bits per heavy atom. The summed E-state index contributed by atoms with van der Waals surface area (Å²) in [6.07, 6.45) is -0.345. The molecule has 4 atom stereocenters. The molecule has 0 radical (unpaired) electrons. The van der Waals surface area contributed by atoms with Gasteiger partial charge in [-0.25, -0.2) is 9.18 Å². The molecular formula is C32H34F4N2O4. The van der Waals surface area contributed by atoms with Crippen molar-refractivity contribution in [1.29, 1.82) is 0 Å². The predicted molar refractivity (Wildman–Crippen MR) is 146 cm³/mol.